The van der Waals surface area contributed by atoms with Crippen LogP contribution in [0.1, 0.15) is 5.69 Å². The fraction of sp³-hybridized carbons (Fsp3) is 0.0625. The zero-order valence-electron chi connectivity index (χ0n) is 15.8. The quantitative estimate of drug-likeness (QED) is 0.214. The smallest absolute Gasteiger partial charge is 0.324 e. The van der Waals surface area contributed by atoms with Gasteiger partial charge in [0.2, 0.25) is 0 Å². The van der Waals surface area contributed by atoms with Crippen LogP contribution in [0.3, 0.4) is 0 Å². The molecule has 0 unspecified atom stereocenters. The Kier molecular flexibility index (Phi) is 6.50. The van der Waals surface area contributed by atoms with Crippen molar-refractivity contribution in [1.29, 1.82) is 0 Å². The van der Waals surface area contributed by atoms with Crippen LogP contribution in [0.25, 0.3) is 5.69 Å². The summed E-state index contributed by atoms with van der Waals surface area (Å²) in [6, 6.07) is 7.50. The van der Waals surface area contributed by atoms with Crippen molar-refractivity contribution < 1.29 is 31.0 Å². The van der Waals surface area contributed by atoms with Crippen molar-refractivity contribution in [2.75, 3.05) is 0 Å². The van der Waals surface area contributed by atoms with Crippen molar-refractivity contribution >= 4 is 53.0 Å². The molecule has 0 spiro atoms. The second kappa shape index (κ2) is 8.68. The lowest BCUT2D eigenvalue weighted by Gasteiger charge is -2.04. The Labute approximate surface area is 189 Å². The van der Waals surface area contributed by atoms with E-state index in [1.807, 2.05) is 0 Å². The average Bonchev–Trinajstić information content (AvgIpc) is 2.94. The number of azo groups is 1. The SMILES string of the molecule is Cc1[nH]n(-c2ccc(SS(=O)(=O)O)cc2)c(=O)c1N=Nc1cc(Cl)cc(S(=O)(=O)O)c1O. The number of H-pyrrole nitrogens is 1. The Hall–Kier alpha value is -2.69. The van der Waals surface area contributed by atoms with E-state index in [2.05, 4.69) is 15.3 Å². The topological polar surface area (TPSA) is 191 Å². The van der Waals surface area contributed by atoms with Crippen molar-refractivity contribution in [1.82, 2.24) is 9.78 Å². The highest BCUT2D eigenvalue weighted by Crippen LogP contribution is 2.37. The number of phenols is 1. The number of benzene rings is 2. The Morgan fingerprint density at radius 1 is 1.06 bits per heavy atom. The van der Waals surface area contributed by atoms with Gasteiger partial charge in [0.05, 0.1) is 11.4 Å². The Morgan fingerprint density at radius 2 is 1.69 bits per heavy atom. The third-order valence-electron chi connectivity index (χ3n) is 3.89. The molecule has 0 fully saturated rings. The highest BCUT2D eigenvalue weighted by atomic mass is 35.5. The van der Waals surface area contributed by atoms with Gasteiger partial charge in [0.25, 0.3) is 15.7 Å². The normalized spacial score (nSPS) is 12.5. The molecule has 0 bridgehead atoms. The highest BCUT2D eigenvalue weighted by Gasteiger charge is 2.20. The zero-order valence-corrected chi connectivity index (χ0v) is 19.0. The van der Waals surface area contributed by atoms with Crippen LogP contribution in [-0.4, -0.2) is 40.8 Å². The molecule has 0 aliphatic carbocycles. The molecule has 0 radical (unpaired) electrons. The number of hydrogen-bond acceptors (Lipinski definition) is 9. The first kappa shape index (κ1) is 24.0. The molecule has 2 aromatic carbocycles. The van der Waals surface area contributed by atoms with Gasteiger partial charge in [0, 0.05) is 20.7 Å². The van der Waals surface area contributed by atoms with E-state index in [0.29, 0.717) is 5.69 Å². The molecule has 0 saturated carbocycles. The first-order valence-corrected chi connectivity index (χ1v) is 12.9. The van der Waals surface area contributed by atoms with Crippen molar-refractivity contribution in [3.63, 3.8) is 0 Å². The van der Waals surface area contributed by atoms with E-state index in [4.69, 9.17) is 16.2 Å². The van der Waals surface area contributed by atoms with Gasteiger partial charge < -0.3 is 5.11 Å². The number of rotatable bonds is 6. The monoisotopic (exact) mass is 520 g/mol. The van der Waals surface area contributed by atoms with Crippen LogP contribution in [-0.2, 0) is 19.3 Å². The summed E-state index contributed by atoms with van der Waals surface area (Å²) in [6.07, 6.45) is 0. The average molecular weight is 521 g/mol. The number of phenolic OH excluding ortho intramolecular Hbond substituents is 1. The summed E-state index contributed by atoms with van der Waals surface area (Å²) >= 11 is 5.79. The van der Waals surface area contributed by atoms with Crippen molar-refractivity contribution in [2.24, 2.45) is 10.2 Å². The van der Waals surface area contributed by atoms with Crippen LogP contribution in [0.4, 0.5) is 11.4 Å². The molecule has 1 heterocycles. The highest BCUT2D eigenvalue weighted by molar-refractivity contribution is 8.69. The summed E-state index contributed by atoms with van der Waals surface area (Å²) in [5, 5.41) is 20.1. The van der Waals surface area contributed by atoms with E-state index >= 15 is 0 Å². The molecule has 3 rings (SSSR count). The van der Waals surface area contributed by atoms with Gasteiger partial charge in [0.15, 0.2) is 11.4 Å². The maximum atomic E-state index is 12.7. The summed E-state index contributed by atoms with van der Waals surface area (Å²) in [7, 11) is -8.85. The lowest BCUT2D eigenvalue weighted by Crippen LogP contribution is -2.13. The van der Waals surface area contributed by atoms with Crippen LogP contribution in [0.15, 0.2) is 61.2 Å². The number of halogens is 1. The second-order valence-electron chi connectivity index (χ2n) is 6.18. The van der Waals surface area contributed by atoms with Crippen LogP contribution in [0, 0.1) is 6.92 Å². The van der Waals surface area contributed by atoms with Crippen molar-refractivity contribution in [3.8, 4) is 11.4 Å². The molecule has 0 amide bonds. The Bertz CT molecular complexity index is 1490. The predicted octanol–water partition coefficient (Wildman–Crippen LogP) is 3.39. The maximum absolute atomic E-state index is 12.7. The number of aromatic nitrogens is 2. The summed E-state index contributed by atoms with van der Waals surface area (Å²) in [5.41, 5.74) is -0.638. The Balaban J connectivity index is 1.99. The largest absolute Gasteiger partial charge is 0.504 e. The van der Waals surface area contributed by atoms with Crippen LogP contribution >= 0.6 is 22.4 Å². The van der Waals surface area contributed by atoms with Crippen molar-refractivity contribution in [2.45, 2.75) is 16.7 Å². The van der Waals surface area contributed by atoms with E-state index in [9.17, 15) is 31.3 Å². The lowest BCUT2D eigenvalue weighted by molar-refractivity contribution is 0.444. The van der Waals surface area contributed by atoms with Crippen LogP contribution < -0.4 is 5.56 Å². The minimum Gasteiger partial charge on any atom is -0.504 e. The number of aryl methyl sites for hydroxylation is 1. The fourth-order valence-electron chi connectivity index (χ4n) is 2.55. The molecule has 3 aromatic rings. The van der Waals surface area contributed by atoms with Gasteiger partial charge in [-0.1, -0.05) is 11.6 Å². The molecule has 0 aliphatic rings. The van der Waals surface area contributed by atoms with Gasteiger partial charge >= 0.3 is 9.15 Å². The molecule has 32 heavy (non-hydrogen) atoms. The first-order valence-electron chi connectivity index (χ1n) is 8.27. The maximum Gasteiger partial charge on any atom is 0.324 e. The lowest BCUT2D eigenvalue weighted by atomic mass is 10.3. The molecule has 0 atom stereocenters. The molecular weight excluding hydrogens is 508 g/mol. The summed E-state index contributed by atoms with van der Waals surface area (Å²) in [5.74, 6) is -0.902. The van der Waals surface area contributed by atoms with Gasteiger partial charge in [-0.25, -0.2) is 4.68 Å². The number of aromatic amines is 1. The number of nitrogens with zero attached hydrogens (tertiary/aromatic N) is 3. The molecule has 0 saturated heterocycles. The van der Waals surface area contributed by atoms with E-state index in [1.165, 1.54) is 31.2 Å². The fourth-order valence-corrected chi connectivity index (χ4v) is 5.00. The second-order valence-corrected chi connectivity index (χ2v) is 11.3. The molecular formula is C16H13ClN4O8S3. The molecule has 1 aromatic heterocycles. The van der Waals surface area contributed by atoms with E-state index < -0.39 is 41.2 Å². The third kappa shape index (κ3) is 5.37. The zero-order chi connectivity index (χ0) is 23.8. The standard InChI is InChI=1S/C16H13ClN4O8S3/c1-8-14(19-18-12-6-9(17)7-13(15(12)22)31(24,25)26)16(23)21(20-8)10-2-4-11(5-3-10)30-32(27,28)29/h2-7,20,22H,1H3,(H,24,25,26)(H,27,28,29). The molecule has 16 heteroatoms. The molecule has 4 N–H and O–H groups in total. The van der Waals surface area contributed by atoms with Crippen molar-refractivity contribution in [3.05, 3.63) is 57.5 Å². The molecule has 0 aliphatic heterocycles. The first-order chi connectivity index (χ1) is 14.8. The van der Waals surface area contributed by atoms with Gasteiger partial charge in [0.1, 0.15) is 10.6 Å². The molecule has 12 nitrogen and oxygen atoms in total. The summed E-state index contributed by atoms with van der Waals surface area (Å²) in [6.45, 7) is 1.51. The van der Waals surface area contributed by atoms with Crippen LogP contribution in [0.2, 0.25) is 5.02 Å². The minimum atomic E-state index is -4.79. The van der Waals surface area contributed by atoms with Gasteiger partial charge in [-0.3, -0.25) is 19.0 Å². The van der Waals surface area contributed by atoms with Gasteiger partial charge in [-0.15, -0.1) is 10.2 Å². The third-order valence-corrected chi connectivity index (χ3v) is 6.86. The van der Waals surface area contributed by atoms with Crippen LogP contribution in [0.5, 0.6) is 5.75 Å². The van der Waals surface area contributed by atoms with Gasteiger partial charge in [-0.2, -0.15) is 16.8 Å². The summed E-state index contributed by atoms with van der Waals surface area (Å²) < 4.78 is 63.7. The van der Waals surface area contributed by atoms with E-state index in [-0.39, 0.29) is 32.1 Å². The van der Waals surface area contributed by atoms with E-state index in [0.717, 1.165) is 16.8 Å². The predicted molar refractivity (Wildman–Crippen MR) is 116 cm³/mol. The minimum absolute atomic E-state index is 0.157. The number of aromatic hydroxyl groups is 1. The number of nitrogens with one attached hydrogen (secondary N) is 1. The van der Waals surface area contributed by atoms with E-state index in [1.54, 1.807) is 0 Å². The molecule has 170 valence electrons. The Morgan fingerprint density at radius 3 is 2.25 bits per heavy atom. The van der Waals surface area contributed by atoms with Gasteiger partial charge in [-0.05, 0) is 43.3 Å². The number of hydrogen-bond donors (Lipinski definition) is 4. The summed E-state index contributed by atoms with van der Waals surface area (Å²) in [4.78, 5) is 12.1.